The van der Waals surface area contributed by atoms with Crippen LogP contribution in [0.25, 0.3) is 0 Å². The Bertz CT molecular complexity index is 467. The Morgan fingerprint density at radius 3 is 2.70 bits per heavy atom. The molecular weight excluding hydrogens is 344 g/mol. The van der Waals surface area contributed by atoms with Crippen LogP contribution in [0.4, 0.5) is 0 Å². The number of unbranched alkanes of at least 4 members (excludes halogenated alkanes) is 2. The molecule has 3 unspecified atom stereocenters. The van der Waals surface area contributed by atoms with E-state index in [4.69, 9.17) is 14.2 Å². The van der Waals surface area contributed by atoms with Crippen molar-refractivity contribution in [1.29, 1.82) is 0 Å². The van der Waals surface area contributed by atoms with Crippen LogP contribution in [-0.4, -0.2) is 49.7 Å². The monoisotopic (exact) mass is 382 g/mol. The lowest BCUT2D eigenvalue weighted by atomic mass is 9.84. The molecule has 1 aliphatic heterocycles. The van der Waals surface area contributed by atoms with Gasteiger partial charge in [-0.15, -0.1) is 0 Å². The molecule has 5 nitrogen and oxygen atoms in total. The topological polar surface area (TPSA) is 65.0 Å². The van der Waals surface area contributed by atoms with Gasteiger partial charge in [-0.2, -0.15) is 0 Å². The maximum atomic E-state index is 10.7. The third-order valence-electron chi connectivity index (χ3n) is 5.93. The second-order valence-electron chi connectivity index (χ2n) is 8.64. The first-order valence-electron chi connectivity index (χ1n) is 10.6. The lowest BCUT2D eigenvalue weighted by Crippen LogP contribution is -2.36. The minimum atomic E-state index is -0.549. The van der Waals surface area contributed by atoms with Gasteiger partial charge in [-0.3, -0.25) is 0 Å². The molecule has 5 heteroatoms. The van der Waals surface area contributed by atoms with Gasteiger partial charge in [-0.1, -0.05) is 39.3 Å². The van der Waals surface area contributed by atoms with E-state index in [0.717, 1.165) is 51.4 Å². The highest BCUT2D eigenvalue weighted by Crippen LogP contribution is 2.48. The molecule has 1 aliphatic carbocycles. The molecule has 156 valence electrons. The molecule has 0 aromatic rings. The first-order chi connectivity index (χ1) is 12.9. The molecule has 1 spiro atoms. The van der Waals surface area contributed by atoms with Gasteiger partial charge in [-0.05, 0) is 31.6 Å². The van der Waals surface area contributed by atoms with Crippen molar-refractivity contribution in [3.8, 4) is 0 Å². The van der Waals surface area contributed by atoms with Crippen LogP contribution in [0.5, 0.6) is 0 Å². The molecule has 0 radical (unpaired) electrons. The fraction of sp³-hybridized carbons (Fsp3) is 0.864. The number of allylic oxidation sites excluding steroid dienone is 1. The van der Waals surface area contributed by atoms with E-state index in [1.165, 1.54) is 0 Å². The summed E-state index contributed by atoms with van der Waals surface area (Å²) in [4.78, 5) is 10.6. The van der Waals surface area contributed by atoms with E-state index in [1.54, 1.807) is 0 Å². The summed E-state index contributed by atoms with van der Waals surface area (Å²) >= 11 is 0. The number of rotatable bonds is 12. The summed E-state index contributed by atoms with van der Waals surface area (Å²) in [5.74, 6) is 0.164. The summed E-state index contributed by atoms with van der Waals surface area (Å²) in [6.45, 7) is 8.74. The summed E-state index contributed by atoms with van der Waals surface area (Å²) < 4.78 is 17.7. The standard InChI is InChI=1S/C22H38O5/c1-4-14-25-17-21(2,3)20(24)10-9-18-11-12-22(26-15-16-27-22)19(18)8-6-5-7-13-23/h9-10,13,18-20,24H,4-8,11-12,14-17H2,1-3H3/b10-9+. The van der Waals surface area contributed by atoms with Gasteiger partial charge in [0.15, 0.2) is 5.79 Å². The predicted octanol–water partition coefficient (Wildman–Crippen LogP) is 3.88. The van der Waals surface area contributed by atoms with Gasteiger partial charge in [0.05, 0.1) is 25.9 Å². The van der Waals surface area contributed by atoms with Gasteiger partial charge in [0.1, 0.15) is 6.29 Å². The minimum Gasteiger partial charge on any atom is -0.388 e. The number of carbonyl (C=O) groups is 1. The van der Waals surface area contributed by atoms with Crippen LogP contribution in [0.1, 0.15) is 65.7 Å². The molecule has 1 heterocycles. The molecule has 0 aromatic heterocycles. The quantitative estimate of drug-likeness (QED) is 0.315. The van der Waals surface area contributed by atoms with Crippen molar-refractivity contribution >= 4 is 6.29 Å². The number of hydrogen-bond acceptors (Lipinski definition) is 5. The highest BCUT2D eigenvalue weighted by Gasteiger charge is 2.51. The number of hydrogen-bond donors (Lipinski definition) is 1. The van der Waals surface area contributed by atoms with E-state index in [9.17, 15) is 9.90 Å². The van der Waals surface area contributed by atoms with Gasteiger partial charge in [0, 0.05) is 30.8 Å². The van der Waals surface area contributed by atoms with Crippen LogP contribution < -0.4 is 0 Å². The smallest absolute Gasteiger partial charge is 0.171 e. The van der Waals surface area contributed by atoms with Crippen molar-refractivity contribution in [2.75, 3.05) is 26.4 Å². The Morgan fingerprint density at radius 1 is 1.30 bits per heavy atom. The van der Waals surface area contributed by atoms with E-state index in [0.29, 0.717) is 32.2 Å². The van der Waals surface area contributed by atoms with Crippen molar-refractivity contribution in [2.45, 2.75) is 77.6 Å². The number of aldehydes is 1. The average Bonchev–Trinajstić information content (AvgIpc) is 3.25. The van der Waals surface area contributed by atoms with Crippen molar-refractivity contribution in [3.05, 3.63) is 12.2 Å². The molecule has 2 rings (SSSR count). The molecule has 0 amide bonds. The first kappa shape index (κ1) is 22.5. The maximum absolute atomic E-state index is 10.7. The molecule has 0 bridgehead atoms. The molecule has 1 saturated carbocycles. The third kappa shape index (κ3) is 6.11. The first-order valence-corrected chi connectivity index (χ1v) is 10.6. The Balaban J connectivity index is 1.97. The van der Waals surface area contributed by atoms with Crippen LogP contribution >= 0.6 is 0 Å². The average molecular weight is 383 g/mol. The molecule has 27 heavy (non-hydrogen) atoms. The van der Waals surface area contributed by atoms with Crippen molar-refractivity contribution in [2.24, 2.45) is 17.3 Å². The molecule has 2 aliphatic rings. The number of ether oxygens (including phenoxy) is 3. The minimum absolute atomic E-state index is 0.287. The largest absolute Gasteiger partial charge is 0.388 e. The highest BCUT2D eigenvalue weighted by atomic mass is 16.7. The van der Waals surface area contributed by atoms with E-state index >= 15 is 0 Å². The number of aliphatic hydroxyl groups is 1. The molecular formula is C22H38O5. The maximum Gasteiger partial charge on any atom is 0.171 e. The summed E-state index contributed by atoms with van der Waals surface area (Å²) in [5.41, 5.74) is -0.318. The third-order valence-corrected chi connectivity index (χ3v) is 5.93. The zero-order valence-corrected chi connectivity index (χ0v) is 17.3. The van der Waals surface area contributed by atoms with Crippen LogP contribution in [0.2, 0.25) is 0 Å². The Morgan fingerprint density at radius 2 is 2.04 bits per heavy atom. The summed E-state index contributed by atoms with van der Waals surface area (Å²) in [6, 6.07) is 0. The normalized spacial score (nSPS) is 26.2. The van der Waals surface area contributed by atoms with Crippen molar-refractivity contribution in [1.82, 2.24) is 0 Å². The molecule has 2 fully saturated rings. The molecule has 3 atom stereocenters. The Labute approximate surface area is 164 Å². The predicted molar refractivity (Wildman–Crippen MR) is 105 cm³/mol. The number of aliphatic hydroxyl groups excluding tert-OH is 1. The summed E-state index contributed by atoms with van der Waals surface area (Å²) in [7, 11) is 0. The van der Waals surface area contributed by atoms with Crippen LogP contribution in [-0.2, 0) is 19.0 Å². The lowest BCUT2D eigenvalue weighted by molar-refractivity contribution is -0.186. The van der Waals surface area contributed by atoms with E-state index in [2.05, 4.69) is 13.0 Å². The van der Waals surface area contributed by atoms with Gasteiger partial charge in [-0.25, -0.2) is 0 Å². The second kappa shape index (κ2) is 10.7. The number of carbonyl (C=O) groups excluding carboxylic acids is 1. The Hall–Kier alpha value is -0.750. The summed E-state index contributed by atoms with van der Waals surface area (Å²) in [6.07, 6.45) is 11.0. The summed E-state index contributed by atoms with van der Waals surface area (Å²) in [5, 5.41) is 10.7. The van der Waals surface area contributed by atoms with Gasteiger partial charge in [0.2, 0.25) is 0 Å². The van der Waals surface area contributed by atoms with Crippen LogP contribution in [0.3, 0.4) is 0 Å². The van der Waals surface area contributed by atoms with Crippen LogP contribution in [0.15, 0.2) is 12.2 Å². The zero-order valence-electron chi connectivity index (χ0n) is 17.3. The molecule has 1 saturated heterocycles. The van der Waals surface area contributed by atoms with E-state index in [1.807, 2.05) is 19.9 Å². The van der Waals surface area contributed by atoms with Crippen LogP contribution in [0, 0.1) is 17.3 Å². The molecule has 0 aromatic carbocycles. The Kier molecular flexibility index (Phi) is 8.93. The fourth-order valence-corrected chi connectivity index (χ4v) is 4.24. The lowest BCUT2D eigenvalue weighted by Gasteiger charge is -2.32. The SMILES string of the molecule is CCCOCC(C)(C)C(O)/C=C/C1CCC2(OCCO2)C1CCCCC=O. The van der Waals surface area contributed by atoms with Gasteiger partial charge >= 0.3 is 0 Å². The zero-order chi connectivity index (χ0) is 19.8. The van der Waals surface area contributed by atoms with Crippen molar-refractivity contribution in [3.63, 3.8) is 0 Å². The van der Waals surface area contributed by atoms with E-state index in [-0.39, 0.29) is 11.3 Å². The molecule has 1 N–H and O–H groups in total. The fourth-order valence-electron chi connectivity index (χ4n) is 4.24. The van der Waals surface area contributed by atoms with Gasteiger partial charge in [0.25, 0.3) is 0 Å². The van der Waals surface area contributed by atoms with Crippen molar-refractivity contribution < 1.29 is 24.1 Å². The van der Waals surface area contributed by atoms with Gasteiger partial charge < -0.3 is 24.1 Å². The second-order valence-corrected chi connectivity index (χ2v) is 8.64. The highest BCUT2D eigenvalue weighted by molar-refractivity contribution is 5.48. The van der Waals surface area contributed by atoms with E-state index < -0.39 is 11.9 Å².